The van der Waals surface area contributed by atoms with E-state index in [1.807, 2.05) is 6.92 Å². The molecular formula is C12H17BrFNO. The highest BCUT2D eigenvalue weighted by molar-refractivity contribution is 9.10. The molecule has 0 saturated carbocycles. The van der Waals surface area contributed by atoms with Crippen molar-refractivity contribution < 1.29 is 9.50 Å². The minimum atomic E-state index is -0.205. The highest BCUT2D eigenvalue weighted by Crippen LogP contribution is 2.21. The van der Waals surface area contributed by atoms with Gasteiger partial charge >= 0.3 is 0 Å². The standard InChI is InChI=1S/C12H17BrFNO/c1-8(10(6-15)7-16)4-9-5-11(13)2-3-12(9)14/h2-3,5,8,10,16H,4,6-7,15H2,1H3. The molecule has 1 aromatic carbocycles. The molecule has 1 rings (SSSR count). The molecule has 90 valence electrons. The minimum absolute atomic E-state index is 0.0263. The normalized spacial score (nSPS) is 14.8. The SMILES string of the molecule is CC(Cc1cc(Br)ccc1F)C(CN)CO. The van der Waals surface area contributed by atoms with Gasteiger partial charge in [-0.1, -0.05) is 22.9 Å². The summed E-state index contributed by atoms with van der Waals surface area (Å²) in [7, 11) is 0. The largest absolute Gasteiger partial charge is 0.396 e. The second-order valence-electron chi connectivity index (χ2n) is 4.10. The number of halogens is 2. The number of hydrogen-bond donors (Lipinski definition) is 2. The van der Waals surface area contributed by atoms with E-state index in [-0.39, 0.29) is 24.3 Å². The molecule has 1 aromatic rings. The van der Waals surface area contributed by atoms with Gasteiger partial charge < -0.3 is 10.8 Å². The van der Waals surface area contributed by atoms with Crippen molar-refractivity contribution in [2.75, 3.05) is 13.2 Å². The summed E-state index contributed by atoms with van der Waals surface area (Å²) in [5.74, 6) is -0.0130. The summed E-state index contributed by atoms with van der Waals surface area (Å²) in [6.07, 6.45) is 0.591. The van der Waals surface area contributed by atoms with Crippen molar-refractivity contribution in [3.8, 4) is 0 Å². The monoisotopic (exact) mass is 289 g/mol. The maximum absolute atomic E-state index is 13.5. The second kappa shape index (κ2) is 6.33. The molecule has 0 saturated heterocycles. The summed E-state index contributed by atoms with van der Waals surface area (Å²) >= 11 is 3.32. The van der Waals surface area contributed by atoms with E-state index in [0.29, 0.717) is 18.5 Å². The summed E-state index contributed by atoms with van der Waals surface area (Å²) in [5, 5.41) is 9.12. The Bertz CT molecular complexity index is 342. The molecule has 0 aliphatic rings. The van der Waals surface area contributed by atoms with Crippen molar-refractivity contribution >= 4 is 15.9 Å². The molecule has 0 heterocycles. The Labute approximate surface area is 104 Å². The molecule has 0 bridgehead atoms. The zero-order valence-electron chi connectivity index (χ0n) is 9.29. The van der Waals surface area contributed by atoms with Gasteiger partial charge in [-0.15, -0.1) is 0 Å². The molecule has 2 nitrogen and oxygen atoms in total. The lowest BCUT2D eigenvalue weighted by Gasteiger charge is -2.20. The summed E-state index contributed by atoms with van der Waals surface area (Å²) < 4.78 is 14.4. The maximum Gasteiger partial charge on any atom is 0.126 e. The molecule has 0 aromatic heterocycles. The van der Waals surface area contributed by atoms with Crippen molar-refractivity contribution in [2.24, 2.45) is 17.6 Å². The Hall–Kier alpha value is -0.450. The fourth-order valence-corrected chi connectivity index (χ4v) is 2.11. The van der Waals surface area contributed by atoms with Crippen molar-refractivity contribution in [3.05, 3.63) is 34.1 Å². The van der Waals surface area contributed by atoms with Crippen LogP contribution in [0.4, 0.5) is 4.39 Å². The Morgan fingerprint density at radius 1 is 1.50 bits per heavy atom. The van der Waals surface area contributed by atoms with Crippen LogP contribution in [0.1, 0.15) is 12.5 Å². The van der Waals surface area contributed by atoms with E-state index < -0.39 is 0 Å². The van der Waals surface area contributed by atoms with Crippen LogP contribution in [0.2, 0.25) is 0 Å². The van der Waals surface area contributed by atoms with E-state index in [9.17, 15) is 4.39 Å². The van der Waals surface area contributed by atoms with Gasteiger partial charge in [-0.3, -0.25) is 0 Å². The smallest absolute Gasteiger partial charge is 0.126 e. The maximum atomic E-state index is 13.5. The molecule has 3 N–H and O–H groups in total. The number of rotatable bonds is 5. The van der Waals surface area contributed by atoms with Crippen LogP contribution in [0.15, 0.2) is 22.7 Å². The molecule has 16 heavy (non-hydrogen) atoms. The fraction of sp³-hybridized carbons (Fsp3) is 0.500. The molecule has 0 spiro atoms. The molecule has 0 radical (unpaired) electrons. The van der Waals surface area contributed by atoms with Crippen LogP contribution in [0, 0.1) is 17.7 Å². The molecule has 0 amide bonds. The number of hydrogen-bond acceptors (Lipinski definition) is 2. The van der Waals surface area contributed by atoms with Crippen molar-refractivity contribution in [1.82, 2.24) is 0 Å². The van der Waals surface area contributed by atoms with Crippen LogP contribution >= 0.6 is 15.9 Å². The minimum Gasteiger partial charge on any atom is -0.396 e. The van der Waals surface area contributed by atoms with E-state index in [1.165, 1.54) is 6.07 Å². The Balaban J connectivity index is 2.75. The van der Waals surface area contributed by atoms with E-state index >= 15 is 0 Å². The van der Waals surface area contributed by atoms with Gasteiger partial charge in [0, 0.05) is 11.1 Å². The van der Waals surface area contributed by atoms with Gasteiger partial charge in [0.1, 0.15) is 5.82 Å². The summed E-state index contributed by atoms with van der Waals surface area (Å²) in [6.45, 7) is 2.45. The molecule has 4 heteroatoms. The highest BCUT2D eigenvalue weighted by atomic mass is 79.9. The molecule has 0 aliphatic carbocycles. The summed E-state index contributed by atoms with van der Waals surface area (Å²) in [4.78, 5) is 0. The lowest BCUT2D eigenvalue weighted by molar-refractivity contribution is 0.186. The number of benzene rings is 1. The zero-order valence-corrected chi connectivity index (χ0v) is 10.9. The molecule has 2 atom stereocenters. The van der Waals surface area contributed by atoms with Crippen LogP contribution < -0.4 is 5.73 Å². The predicted octanol–water partition coefficient (Wildman–Crippen LogP) is 2.33. The number of aliphatic hydroxyl groups is 1. The Kier molecular flexibility index (Phi) is 5.38. The fourth-order valence-electron chi connectivity index (χ4n) is 1.70. The van der Waals surface area contributed by atoms with Gasteiger partial charge in [0.25, 0.3) is 0 Å². The third kappa shape index (κ3) is 3.54. The van der Waals surface area contributed by atoms with Gasteiger partial charge in [0.05, 0.1) is 0 Å². The van der Waals surface area contributed by atoms with Gasteiger partial charge in [0.2, 0.25) is 0 Å². The van der Waals surface area contributed by atoms with Crippen molar-refractivity contribution in [1.29, 1.82) is 0 Å². The van der Waals surface area contributed by atoms with Crippen molar-refractivity contribution in [2.45, 2.75) is 13.3 Å². The summed E-state index contributed by atoms with van der Waals surface area (Å²) in [6, 6.07) is 4.90. The topological polar surface area (TPSA) is 46.2 Å². The van der Waals surface area contributed by atoms with Gasteiger partial charge in [-0.2, -0.15) is 0 Å². The van der Waals surface area contributed by atoms with Crippen molar-refractivity contribution in [3.63, 3.8) is 0 Å². The number of aliphatic hydroxyl groups excluding tert-OH is 1. The molecular weight excluding hydrogens is 273 g/mol. The number of nitrogens with two attached hydrogens (primary N) is 1. The molecule has 0 fully saturated rings. The third-order valence-corrected chi connectivity index (χ3v) is 3.38. The van der Waals surface area contributed by atoms with E-state index in [4.69, 9.17) is 10.8 Å². The first-order valence-corrected chi connectivity index (χ1v) is 6.12. The lowest BCUT2D eigenvalue weighted by Crippen LogP contribution is -2.26. The van der Waals surface area contributed by atoms with Crippen LogP contribution in [-0.2, 0) is 6.42 Å². The van der Waals surface area contributed by atoms with E-state index in [1.54, 1.807) is 12.1 Å². The third-order valence-electron chi connectivity index (χ3n) is 2.89. The van der Waals surface area contributed by atoms with E-state index in [2.05, 4.69) is 15.9 Å². The summed E-state index contributed by atoms with van der Waals surface area (Å²) in [5.41, 5.74) is 6.20. The average molecular weight is 290 g/mol. The zero-order chi connectivity index (χ0) is 12.1. The average Bonchev–Trinajstić information content (AvgIpc) is 2.25. The predicted molar refractivity (Wildman–Crippen MR) is 66.6 cm³/mol. The van der Waals surface area contributed by atoms with Crippen LogP contribution in [0.25, 0.3) is 0 Å². The van der Waals surface area contributed by atoms with Crippen LogP contribution in [0.3, 0.4) is 0 Å². The first kappa shape index (κ1) is 13.6. The van der Waals surface area contributed by atoms with Crippen LogP contribution in [0.5, 0.6) is 0 Å². The first-order valence-electron chi connectivity index (χ1n) is 5.33. The van der Waals surface area contributed by atoms with Crippen LogP contribution in [-0.4, -0.2) is 18.3 Å². The highest BCUT2D eigenvalue weighted by Gasteiger charge is 2.17. The van der Waals surface area contributed by atoms with E-state index in [0.717, 1.165) is 4.47 Å². The second-order valence-corrected chi connectivity index (χ2v) is 5.01. The molecule has 0 aliphatic heterocycles. The molecule has 2 unspecified atom stereocenters. The Morgan fingerprint density at radius 3 is 2.75 bits per heavy atom. The Morgan fingerprint density at radius 2 is 2.19 bits per heavy atom. The van der Waals surface area contributed by atoms with Gasteiger partial charge in [-0.25, -0.2) is 4.39 Å². The van der Waals surface area contributed by atoms with Gasteiger partial charge in [-0.05, 0) is 48.6 Å². The lowest BCUT2D eigenvalue weighted by atomic mass is 9.89. The quantitative estimate of drug-likeness (QED) is 0.874. The first-order chi connectivity index (χ1) is 7.58. The van der Waals surface area contributed by atoms with Gasteiger partial charge in [0.15, 0.2) is 0 Å².